The minimum Gasteiger partial charge on any atom is -0.337 e. The van der Waals surface area contributed by atoms with E-state index in [2.05, 4.69) is 10.1 Å². The summed E-state index contributed by atoms with van der Waals surface area (Å²) in [7, 11) is -3.88. The Balaban J connectivity index is 1.77. The van der Waals surface area contributed by atoms with Gasteiger partial charge < -0.3 is 9.42 Å². The average molecular weight is 439 g/mol. The van der Waals surface area contributed by atoms with Crippen LogP contribution in [0.2, 0.25) is 0 Å². The number of carbonyl (C=O) groups excluding carboxylic acids is 1. The smallest absolute Gasteiger partial charge is 0.246 e. The van der Waals surface area contributed by atoms with Crippen LogP contribution in [0, 0.1) is 5.82 Å². The van der Waals surface area contributed by atoms with Crippen LogP contribution >= 0.6 is 11.3 Å². The second-order valence-electron chi connectivity index (χ2n) is 6.12. The Labute approximate surface area is 171 Å². The molecule has 11 heteroatoms. The number of thiophene rings is 1. The molecule has 0 saturated carbocycles. The summed E-state index contributed by atoms with van der Waals surface area (Å²) in [5, 5.41) is 5.78. The zero-order chi connectivity index (χ0) is 21.0. The van der Waals surface area contributed by atoms with Crippen molar-refractivity contribution in [1.29, 1.82) is 0 Å². The van der Waals surface area contributed by atoms with E-state index in [4.69, 9.17) is 4.52 Å². The zero-order valence-corrected chi connectivity index (χ0v) is 17.4. The van der Waals surface area contributed by atoms with E-state index in [-0.39, 0.29) is 24.7 Å². The molecule has 0 unspecified atom stereocenters. The van der Waals surface area contributed by atoms with Crippen molar-refractivity contribution in [2.24, 2.45) is 0 Å². The van der Waals surface area contributed by atoms with Crippen molar-refractivity contribution in [2.45, 2.75) is 13.5 Å². The Kier molecular flexibility index (Phi) is 6.28. The van der Waals surface area contributed by atoms with Crippen LogP contribution in [0.3, 0.4) is 0 Å². The summed E-state index contributed by atoms with van der Waals surface area (Å²) >= 11 is 1.46. The number of nitrogens with zero attached hydrogens (tertiary/aromatic N) is 4. The molecule has 3 aromatic rings. The molecule has 154 valence electrons. The fraction of sp³-hybridized carbons (Fsp3) is 0.278. The van der Waals surface area contributed by atoms with Crippen LogP contribution in [0.25, 0.3) is 10.7 Å². The summed E-state index contributed by atoms with van der Waals surface area (Å²) in [6.07, 6.45) is 0.925. The first-order valence-corrected chi connectivity index (χ1v) is 11.4. The molecule has 29 heavy (non-hydrogen) atoms. The third-order valence-electron chi connectivity index (χ3n) is 4.07. The van der Waals surface area contributed by atoms with Crippen molar-refractivity contribution in [1.82, 2.24) is 15.0 Å². The highest BCUT2D eigenvalue weighted by atomic mass is 32.2. The highest BCUT2D eigenvalue weighted by Gasteiger charge is 2.26. The number of anilines is 1. The number of amides is 1. The van der Waals surface area contributed by atoms with Gasteiger partial charge in [0.05, 0.1) is 16.8 Å². The van der Waals surface area contributed by atoms with E-state index in [1.165, 1.54) is 34.4 Å². The van der Waals surface area contributed by atoms with Gasteiger partial charge in [-0.2, -0.15) is 4.98 Å². The van der Waals surface area contributed by atoms with Gasteiger partial charge in [-0.15, -0.1) is 11.3 Å². The lowest BCUT2D eigenvalue weighted by atomic mass is 10.3. The molecule has 0 spiro atoms. The maximum Gasteiger partial charge on any atom is 0.246 e. The van der Waals surface area contributed by atoms with Crippen LogP contribution < -0.4 is 4.31 Å². The molecule has 0 aliphatic rings. The van der Waals surface area contributed by atoms with Crippen LogP contribution in [0.5, 0.6) is 0 Å². The van der Waals surface area contributed by atoms with Gasteiger partial charge in [-0.25, -0.2) is 12.8 Å². The van der Waals surface area contributed by atoms with Gasteiger partial charge in [-0.1, -0.05) is 23.4 Å². The Morgan fingerprint density at radius 2 is 2.00 bits per heavy atom. The van der Waals surface area contributed by atoms with Crippen LogP contribution in [-0.2, 0) is 21.4 Å². The molecule has 0 aliphatic heterocycles. The largest absolute Gasteiger partial charge is 0.337 e. The van der Waals surface area contributed by atoms with Crippen LogP contribution in [0.15, 0.2) is 46.3 Å². The number of carbonyl (C=O) groups is 1. The van der Waals surface area contributed by atoms with E-state index < -0.39 is 28.3 Å². The number of sulfonamides is 1. The molecular weight excluding hydrogens is 419 g/mol. The Morgan fingerprint density at radius 3 is 2.62 bits per heavy atom. The van der Waals surface area contributed by atoms with E-state index in [9.17, 15) is 17.6 Å². The molecule has 0 atom stereocenters. The minimum atomic E-state index is -3.88. The van der Waals surface area contributed by atoms with E-state index in [1.807, 2.05) is 17.5 Å². The SMILES string of the molecule is CCN(Cc1nc(-c2cccs2)no1)C(=O)CN(c1ccccc1F)S(C)(=O)=O. The summed E-state index contributed by atoms with van der Waals surface area (Å²) in [5.41, 5.74) is -0.183. The number of hydrogen-bond donors (Lipinski definition) is 0. The summed E-state index contributed by atoms with van der Waals surface area (Å²) in [6.45, 7) is 1.49. The van der Waals surface area contributed by atoms with Gasteiger partial charge in [0.2, 0.25) is 27.6 Å². The highest BCUT2D eigenvalue weighted by molar-refractivity contribution is 7.92. The summed E-state index contributed by atoms with van der Waals surface area (Å²) in [4.78, 5) is 19.2. The fourth-order valence-corrected chi connectivity index (χ4v) is 4.12. The Bertz CT molecular complexity index is 1080. The first-order chi connectivity index (χ1) is 13.8. The summed E-state index contributed by atoms with van der Waals surface area (Å²) < 4.78 is 44.4. The van der Waals surface area contributed by atoms with Crippen molar-refractivity contribution in [2.75, 3.05) is 23.7 Å². The molecule has 0 fully saturated rings. The fourth-order valence-electron chi connectivity index (χ4n) is 2.62. The van der Waals surface area contributed by atoms with Crippen molar-refractivity contribution >= 4 is 33.0 Å². The van der Waals surface area contributed by atoms with Crippen molar-refractivity contribution in [3.63, 3.8) is 0 Å². The third kappa shape index (κ3) is 4.98. The average Bonchev–Trinajstić information content (AvgIpc) is 3.35. The normalized spacial score (nSPS) is 11.4. The van der Waals surface area contributed by atoms with Crippen molar-refractivity contribution in [3.05, 3.63) is 53.5 Å². The van der Waals surface area contributed by atoms with E-state index >= 15 is 0 Å². The molecule has 0 radical (unpaired) electrons. The van der Waals surface area contributed by atoms with E-state index in [0.717, 1.165) is 21.5 Å². The van der Waals surface area contributed by atoms with E-state index in [1.54, 1.807) is 6.92 Å². The number of benzene rings is 1. The number of hydrogen-bond acceptors (Lipinski definition) is 7. The molecule has 0 aliphatic carbocycles. The maximum atomic E-state index is 14.1. The highest BCUT2D eigenvalue weighted by Crippen LogP contribution is 2.23. The Hall–Kier alpha value is -2.79. The van der Waals surface area contributed by atoms with Gasteiger partial charge in [0.15, 0.2) is 0 Å². The molecule has 2 heterocycles. The zero-order valence-electron chi connectivity index (χ0n) is 15.8. The van der Waals surface area contributed by atoms with Gasteiger partial charge >= 0.3 is 0 Å². The van der Waals surface area contributed by atoms with Crippen molar-refractivity contribution in [3.8, 4) is 10.7 Å². The number of likely N-dealkylation sites (N-methyl/N-ethyl adjacent to an activating group) is 1. The van der Waals surface area contributed by atoms with Gasteiger partial charge in [-0.3, -0.25) is 9.10 Å². The number of halogens is 1. The first-order valence-electron chi connectivity index (χ1n) is 8.66. The lowest BCUT2D eigenvalue weighted by Crippen LogP contribution is -2.42. The van der Waals surface area contributed by atoms with Gasteiger partial charge in [-0.05, 0) is 30.5 Å². The molecule has 0 N–H and O–H groups in total. The minimum absolute atomic E-state index is 0.0165. The Morgan fingerprint density at radius 1 is 1.24 bits per heavy atom. The first kappa shape index (κ1) is 20.9. The molecule has 1 aromatic carbocycles. The number of para-hydroxylation sites is 1. The number of rotatable bonds is 8. The molecule has 3 rings (SSSR count). The third-order valence-corrected chi connectivity index (χ3v) is 6.06. The quantitative estimate of drug-likeness (QED) is 0.537. The molecule has 1 amide bonds. The van der Waals surface area contributed by atoms with Crippen molar-refractivity contribution < 1.29 is 22.1 Å². The number of aromatic nitrogens is 2. The second-order valence-corrected chi connectivity index (χ2v) is 8.97. The van der Waals surface area contributed by atoms with Crippen LogP contribution in [0.4, 0.5) is 10.1 Å². The topological polar surface area (TPSA) is 96.6 Å². The van der Waals surface area contributed by atoms with Gasteiger partial charge in [0.25, 0.3) is 0 Å². The molecular formula is C18H19FN4O4S2. The molecule has 0 bridgehead atoms. The van der Waals surface area contributed by atoms with E-state index in [0.29, 0.717) is 5.82 Å². The lowest BCUT2D eigenvalue weighted by Gasteiger charge is -2.26. The molecule has 0 saturated heterocycles. The summed E-state index contributed by atoms with van der Waals surface area (Å²) in [5.74, 6) is -0.605. The standard InChI is InChI=1S/C18H19FN4O4S2/c1-3-22(11-16-20-18(21-27-16)15-9-6-10-28-15)17(24)12-23(29(2,25)26)14-8-5-4-7-13(14)19/h4-10H,3,11-12H2,1-2H3. The van der Waals surface area contributed by atoms with Gasteiger partial charge in [0.1, 0.15) is 18.9 Å². The predicted octanol–water partition coefficient (Wildman–Crippen LogP) is 2.75. The van der Waals surface area contributed by atoms with Gasteiger partial charge in [0, 0.05) is 6.54 Å². The lowest BCUT2D eigenvalue weighted by molar-refractivity contribution is -0.130. The second kappa shape index (κ2) is 8.70. The molecule has 2 aromatic heterocycles. The monoisotopic (exact) mass is 438 g/mol. The predicted molar refractivity (Wildman–Crippen MR) is 107 cm³/mol. The van der Waals surface area contributed by atoms with Crippen LogP contribution in [-0.4, -0.2) is 48.7 Å². The van der Waals surface area contributed by atoms with Crippen LogP contribution in [0.1, 0.15) is 12.8 Å². The summed E-state index contributed by atoms with van der Waals surface area (Å²) in [6, 6.07) is 9.11. The molecule has 8 nitrogen and oxygen atoms in total. The maximum absolute atomic E-state index is 14.1.